The van der Waals surface area contributed by atoms with Gasteiger partial charge in [0.2, 0.25) is 5.17 Å². The molecule has 1 N–H and O–H groups in total. The smallest absolute Gasteiger partial charge is 0.283 e. The van der Waals surface area contributed by atoms with Gasteiger partial charge in [0.15, 0.2) is 5.84 Å². The van der Waals surface area contributed by atoms with E-state index < -0.39 is 5.91 Å². The second kappa shape index (κ2) is 9.05. The summed E-state index contributed by atoms with van der Waals surface area (Å²) in [6.07, 6.45) is 1.62. The first kappa shape index (κ1) is 21.2. The number of hydrogen-bond donors (Lipinski definition) is 1. The maximum absolute atomic E-state index is 12.8. The van der Waals surface area contributed by atoms with Crippen LogP contribution >= 0.6 is 23.4 Å². The molecule has 2 aliphatic rings. The molecule has 0 radical (unpaired) electrons. The number of thioether (sulfide) groups is 1. The van der Waals surface area contributed by atoms with Gasteiger partial charge in [-0.3, -0.25) is 10.2 Å². The van der Waals surface area contributed by atoms with Gasteiger partial charge < -0.3 is 4.74 Å². The molecule has 162 valence electrons. The number of hydrazone groups is 1. The van der Waals surface area contributed by atoms with E-state index in [9.17, 15) is 4.79 Å². The molecule has 2 heterocycles. The lowest BCUT2D eigenvalue weighted by atomic mass is 10.1. The molecule has 0 atom stereocenters. The summed E-state index contributed by atoms with van der Waals surface area (Å²) < 4.78 is 5.99. The van der Waals surface area contributed by atoms with Crippen LogP contribution in [-0.4, -0.2) is 27.0 Å². The molecule has 0 aromatic heterocycles. The molecule has 6 nitrogen and oxygen atoms in total. The second-order valence-corrected chi connectivity index (χ2v) is 8.57. The van der Waals surface area contributed by atoms with Crippen LogP contribution in [0.2, 0.25) is 5.02 Å². The van der Waals surface area contributed by atoms with Crippen molar-refractivity contribution in [3.63, 3.8) is 0 Å². The van der Waals surface area contributed by atoms with Crippen molar-refractivity contribution in [2.75, 3.05) is 0 Å². The van der Waals surface area contributed by atoms with E-state index in [0.29, 0.717) is 26.5 Å². The Bertz CT molecular complexity index is 1350. The van der Waals surface area contributed by atoms with E-state index in [1.54, 1.807) is 6.08 Å². The molecule has 1 amide bonds. The first-order valence-corrected chi connectivity index (χ1v) is 11.3. The van der Waals surface area contributed by atoms with E-state index in [2.05, 4.69) is 10.1 Å². The number of benzene rings is 3. The highest BCUT2D eigenvalue weighted by Gasteiger charge is 2.36. The molecule has 3 aromatic carbocycles. The Labute approximate surface area is 199 Å². The van der Waals surface area contributed by atoms with Crippen molar-refractivity contribution >= 4 is 51.4 Å². The number of halogens is 1. The normalized spacial score (nSPS) is 16.5. The highest BCUT2D eigenvalue weighted by molar-refractivity contribution is 8.27. The predicted molar refractivity (Wildman–Crippen MR) is 133 cm³/mol. The number of rotatable bonds is 5. The fourth-order valence-electron chi connectivity index (χ4n) is 3.35. The molecule has 0 bridgehead atoms. The van der Waals surface area contributed by atoms with Gasteiger partial charge in [0.1, 0.15) is 17.4 Å². The third-order valence-electron chi connectivity index (χ3n) is 5.04. The van der Waals surface area contributed by atoms with E-state index in [4.69, 9.17) is 21.7 Å². The summed E-state index contributed by atoms with van der Waals surface area (Å²) in [5, 5.41) is 16.2. The van der Waals surface area contributed by atoms with Crippen molar-refractivity contribution in [3.05, 3.63) is 106 Å². The van der Waals surface area contributed by atoms with Gasteiger partial charge >= 0.3 is 0 Å². The third kappa shape index (κ3) is 4.33. The van der Waals surface area contributed by atoms with Crippen LogP contribution in [0.5, 0.6) is 5.75 Å². The number of carbonyl (C=O) groups is 1. The van der Waals surface area contributed by atoms with Crippen LogP contribution in [0, 0.1) is 5.41 Å². The van der Waals surface area contributed by atoms with Gasteiger partial charge in [0.25, 0.3) is 5.91 Å². The summed E-state index contributed by atoms with van der Waals surface area (Å²) in [5.74, 6) is 0.0677. The molecular weight excluding hydrogens is 456 g/mol. The van der Waals surface area contributed by atoms with Crippen molar-refractivity contribution in [2.24, 2.45) is 10.1 Å². The summed E-state index contributed by atoms with van der Waals surface area (Å²) >= 11 is 7.51. The Kier molecular flexibility index (Phi) is 5.81. The first-order valence-electron chi connectivity index (χ1n) is 10.1. The van der Waals surface area contributed by atoms with Gasteiger partial charge in [0, 0.05) is 21.7 Å². The minimum Gasteiger partial charge on any atom is -0.488 e. The first-order chi connectivity index (χ1) is 16.1. The number of amides is 1. The molecular formula is C25H17ClN4O2S. The summed E-state index contributed by atoms with van der Waals surface area (Å²) in [5.41, 5.74) is 2.57. The third-order valence-corrected chi connectivity index (χ3v) is 6.36. The highest BCUT2D eigenvalue weighted by atomic mass is 35.5. The van der Waals surface area contributed by atoms with Crippen molar-refractivity contribution in [1.82, 2.24) is 5.01 Å². The average Bonchev–Trinajstić information content (AvgIpc) is 3.27. The van der Waals surface area contributed by atoms with Crippen molar-refractivity contribution in [3.8, 4) is 5.75 Å². The topological polar surface area (TPSA) is 78.1 Å². The van der Waals surface area contributed by atoms with Crippen LogP contribution in [0.1, 0.15) is 16.7 Å². The van der Waals surface area contributed by atoms with Crippen molar-refractivity contribution < 1.29 is 9.53 Å². The van der Waals surface area contributed by atoms with Crippen molar-refractivity contribution in [1.29, 1.82) is 5.41 Å². The number of nitrogens with zero attached hydrogens (tertiary/aromatic N) is 3. The lowest BCUT2D eigenvalue weighted by Gasteiger charge is -2.20. The number of nitrogens with one attached hydrogen (secondary N) is 1. The van der Waals surface area contributed by atoms with Crippen LogP contribution in [0.25, 0.3) is 6.08 Å². The lowest BCUT2D eigenvalue weighted by molar-refractivity contribution is -0.114. The zero-order chi connectivity index (χ0) is 22.8. The van der Waals surface area contributed by atoms with E-state index in [1.165, 1.54) is 16.8 Å². The Balaban J connectivity index is 1.42. The highest BCUT2D eigenvalue weighted by Crippen LogP contribution is 2.32. The van der Waals surface area contributed by atoms with E-state index in [1.807, 2.05) is 78.9 Å². The van der Waals surface area contributed by atoms with Crippen LogP contribution in [-0.2, 0) is 11.4 Å². The monoisotopic (exact) mass is 472 g/mol. The molecule has 5 rings (SSSR count). The summed E-state index contributed by atoms with van der Waals surface area (Å²) in [4.78, 5) is 17.0. The SMILES string of the molecule is N=C1/C(=C/c2ccccc2OCc2ccccc2Cl)C(=O)N=C2SC(c3ccccc3)=NN12. The Morgan fingerprint density at radius 2 is 1.73 bits per heavy atom. The zero-order valence-corrected chi connectivity index (χ0v) is 18.8. The van der Waals surface area contributed by atoms with Gasteiger partial charge in [-0.2, -0.15) is 15.1 Å². The largest absolute Gasteiger partial charge is 0.488 e. The van der Waals surface area contributed by atoms with E-state index in [-0.39, 0.29) is 18.0 Å². The molecule has 0 saturated heterocycles. The molecule has 0 unspecified atom stereocenters. The number of ether oxygens (including phenoxy) is 1. The van der Waals surface area contributed by atoms with Crippen LogP contribution in [0.15, 0.2) is 94.5 Å². The van der Waals surface area contributed by atoms with Crippen LogP contribution in [0.3, 0.4) is 0 Å². The van der Waals surface area contributed by atoms with Gasteiger partial charge in [-0.1, -0.05) is 78.3 Å². The molecule has 0 fully saturated rings. The Morgan fingerprint density at radius 1 is 1.00 bits per heavy atom. The number of para-hydroxylation sites is 1. The van der Waals surface area contributed by atoms with E-state index >= 15 is 0 Å². The van der Waals surface area contributed by atoms with Gasteiger partial charge in [-0.25, -0.2) is 0 Å². The molecule has 2 aliphatic heterocycles. The lowest BCUT2D eigenvalue weighted by Crippen LogP contribution is -2.35. The molecule has 8 heteroatoms. The van der Waals surface area contributed by atoms with Gasteiger partial charge in [-0.15, -0.1) is 0 Å². The summed E-state index contributed by atoms with van der Waals surface area (Å²) in [6, 6.07) is 24.4. The predicted octanol–water partition coefficient (Wildman–Crippen LogP) is 5.59. The fourth-order valence-corrected chi connectivity index (χ4v) is 4.43. The summed E-state index contributed by atoms with van der Waals surface area (Å²) in [6.45, 7) is 0.279. The number of aliphatic imine (C=N–C) groups is 1. The number of carbonyl (C=O) groups excluding carboxylic acids is 1. The number of fused-ring (bicyclic) bond motifs is 1. The molecule has 33 heavy (non-hydrogen) atoms. The summed E-state index contributed by atoms with van der Waals surface area (Å²) in [7, 11) is 0. The maximum Gasteiger partial charge on any atom is 0.283 e. The van der Waals surface area contributed by atoms with Crippen LogP contribution < -0.4 is 4.74 Å². The van der Waals surface area contributed by atoms with Crippen molar-refractivity contribution in [2.45, 2.75) is 6.61 Å². The van der Waals surface area contributed by atoms with Gasteiger partial charge in [-0.05, 0) is 30.0 Å². The minimum absolute atomic E-state index is 0.0238. The number of hydrogen-bond acceptors (Lipinski definition) is 5. The zero-order valence-electron chi connectivity index (χ0n) is 17.2. The van der Waals surface area contributed by atoms with Crippen LogP contribution in [0.4, 0.5) is 0 Å². The van der Waals surface area contributed by atoms with Gasteiger partial charge in [0.05, 0.1) is 5.57 Å². The standard InChI is InChI=1S/C25H17ClN4O2S/c26-20-12-6-4-11-18(20)15-32-21-13-7-5-10-17(21)14-19-22(27)30-25(28-23(19)31)33-24(29-30)16-8-2-1-3-9-16/h1-14,27H,15H2/b19-14-,27-22?. The number of amidine groups is 2. The quantitative estimate of drug-likeness (QED) is 0.491. The molecule has 0 saturated carbocycles. The molecule has 0 spiro atoms. The minimum atomic E-state index is -0.482. The molecule has 0 aliphatic carbocycles. The Morgan fingerprint density at radius 3 is 2.55 bits per heavy atom. The average molecular weight is 473 g/mol. The Hall–Kier alpha value is -3.68. The molecule has 3 aromatic rings. The second-order valence-electron chi connectivity index (χ2n) is 7.21. The maximum atomic E-state index is 12.8. The van der Waals surface area contributed by atoms with E-state index in [0.717, 1.165) is 11.1 Å². The fraction of sp³-hybridized carbons (Fsp3) is 0.0400.